The molecule has 6 nitrogen and oxygen atoms in total. The Bertz CT molecular complexity index is 1080. The van der Waals surface area contributed by atoms with Crippen molar-refractivity contribution in [3.05, 3.63) is 71.4 Å². The summed E-state index contributed by atoms with van der Waals surface area (Å²) < 4.78 is 2.00. The number of halogens is 1. The zero-order valence-electron chi connectivity index (χ0n) is 14.4. The molecule has 0 saturated heterocycles. The molecule has 2 aromatic carbocycles. The highest BCUT2D eigenvalue weighted by molar-refractivity contribution is 7.99. The predicted molar refractivity (Wildman–Crippen MR) is 107 cm³/mol. The van der Waals surface area contributed by atoms with Crippen LogP contribution in [0.3, 0.4) is 0 Å². The fourth-order valence-corrected chi connectivity index (χ4v) is 3.79. The summed E-state index contributed by atoms with van der Waals surface area (Å²) in [5, 5.41) is 10.4. The molecule has 0 atom stereocenters. The molecule has 8 heteroatoms. The van der Waals surface area contributed by atoms with E-state index < -0.39 is 0 Å². The zero-order chi connectivity index (χ0) is 18.8. The maximum atomic E-state index is 6.01. The van der Waals surface area contributed by atoms with Crippen LogP contribution in [0.1, 0.15) is 5.56 Å². The number of nitrogen functional groups attached to an aromatic ring is 1. The van der Waals surface area contributed by atoms with Gasteiger partial charge in [-0.1, -0.05) is 54.1 Å². The van der Waals surface area contributed by atoms with Crippen LogP contribution in [0.4, 0.5) is 5.95 Å². The lowest BCUT2D eigenvalue weighted by atomic mass is 10.2. The van der Waals surface area contributed by atoms with E-state index in [1.165, 1.54) is 11.8 Å². The quantitative estimate of drug-likeness (QED) is 0.516. The Balaban J connectivity index is 1.85. The van der Waals surface area contributed by atoms with Crippen molar-refractivity contribution >= 4 is 29.3 Å². The van der Waals surface area contributed by atoms with Gasteiger partial charge < -0.3 is 5.73 Å². The molecule has 4 rings (SSSR count). The minimum Gasteiger partial charge on any atom is -0.368 e. The van der Waals surface area contributed by atoms with E-state index in [1.54, 1.807) is 6.07 Å². The van der Waals surface area contributed by atoms with Gasteiger partial charge in [-0.05, 0) is 36.4 Å². The Morgan fingerprint density at radius 2 is 1.78 bits per heavy atom. The van der Waals surface area contributed by atoms with Gasteiger partial charge in [0.25, 0.3) is 0 Å². The Hall–Kier alpha value is -2.90. The fourth-order valence-electron chi connectivity index (χ4n) is 2.67. The summed E-state index contributed by atoms with van der Waals surface area (Å²) in [4.78, 5) is 8.12. The molecule has 0 radical (unpaired) electrons. The topological polar surface area (TPSA) is 82.5 Å². The van der Waals surface area contributed by atoms with E-state index in [1.807, 2.05) is 60.0 Å². The monoisotopic (exact) mass is 394 g/mol. The van der Waals surface area contributed by atoms with Crippen LogP contribution in [0.15, 0.2) is 70.8 Å². The summed E-state index contributed by atoms with van der Waals surface area (Å²) in [6, 6.07) is 19.7. The molecule has 0 unspecified atom stereocenters. The van der Waals surface area contributed by atoms with Gasteiger partial charge in [-0.25, -0.2) is 9.97 Å². The van der Waals surface area contributed by atoms with Crippen molar-refractivity contribution in [2.24, 2.45) is 0 Å². The van der Waals surface area contributed by atoms with Gasteiger partial charge in [0.15, 0.2) is 5.82 Å². The van der Waals surface area contributed by atoms with Crippen LogP contribution >= 0.6 is 23.4 Å². The number of hydrogen-bond acceptors (Lipinski definition) is 6. The minimum absolute atomic E-state index is 0.120. The Kier molecular flexibility index (Phi) is 4.79. The van der Waals surface area contributed by atoms with Crippen LogP contribution in [0, 0.1) is 6.92 Å². The van der Waals surface area contributed by atoms with Crippen LogP contribution in [0.5, 0.6) is 0 Å². The predicted octanol–water partition coefficient (Wildman–Crippen LogP) is 4.42. The molecule has 0 aliphatic carbocycles. The summed E-state index contributed by atoms with van der Waals surface area (Å²) in [7, 11) is 0. The first-order chi connectivity index (χ1) is 13.1. The lowest BCUT2D eigenvalue weighted by Gasteiger charge is -2.11. The molecule has 2 aromatic heterocycles. The van der Waals surface area contributed by atoms with Gasteiger partial charge in [0, 0.05) is 11.6 Å². The van der Waals surface area contributed by atoms with Crippen LogP contribution in [-0.2, 0) is 0 Å². The summed E-state index contributed by atoms with van der Waals surface area (Å²) in [5.41, 5.74) is 8.80. The molecule has 0 saturated carbocycles. The van der Waals surface area contributed by atoms with Crippen molar-refractivity contribution in [3.8, 4) is 17.1 Å². The molecule has 4 aromatic rings. The number of rotatable bonds is 4. The highest BCUT2D eigenvalue weighted by atomic mass is 35.5. The van der Waals surface area contributed by atoms with Crippen molar-refractivity contribution in [2.75, 3.05) is 5.73 Å². The molecule has 27 heavy (non-hydrogen) atoms. The Labute approximate surface area is 165 Å². The number of aromatic nitrogens is 5. The lowest BCUT2D eigenvalue weighted by molar-refractivity contribution is 0.881. The van der Waals surface area contributed by atoms with Gasteiger partial charge >= 0.3 is 0 Å². The van der Waals surface area contributed by atoms with E-state index in [9.17, 15) is 0 Å². The van der Waals surface area contributed by atoms with Gasteiger partial charge in [0.2, 0.25) is 11.1 Å². The lowest BCUT2D eigenvalue weighted by Crippen LogP contribution is -2.01. The second-order valence-electron chi connectivity index (χ2n) is 5.84. The number of hydrogen-bond donors (Lipinski definition) is 1. The molecule has 0 aliphatic heterocycles. The van der Waals surface area contributed by atoms with E-state index in [4.69, 9.17) is 17.3 Å². The second-order valence-corrected chi connectivity index (χ2v) is 7.21. The molecular formula is C19H15ClN6S. The highest BCUT2D eigenvalue weighted by Crippen LogP contribution is 2.32. The van der Waals surface area contributed by atoms with Crippen molar-refractivity contribution in [2.45, 2.75) is 17.1 Å². The fraction of sp³-hybridized carbons (Fsp3) is 0.0526. The van der Waals surface area contributed by atoms with Gasteiger partial charge in [-0.3, -0.25) is 4.57 Å². The standard InChI is InChI=1S/C19H15ClN6S/c1-12-6-5-9-14(10-12)26-17(13-7-3-2-4-8-13)24-25-19(26)27-16-11-15(20)22-18(21)23-16/h2-11H,1H3,(H2,21,22,23). The average Bonchev–Trinajstić information content (AvgIpc) is 3.05. The molecule has 2 heterocycles. The third-order valence-electron chi connectivity index (χ3n) is 3.81. The third-order valence-corrected chi connectivity index (χ3v) is 4.87. The van der Waals surface area contributed by atoms with Crippen LogP contribution in [0.2, 0.25) is 5.15 Å². The first-order valence-electron chi connectivity index (χ1n) is 8.16. The highest BCUT2D eigenvalue weighted by Gasteiger charge is 2.17. The molecule has 0 aliphatic rings. The maximum Gasteiger partial charge on any atom is 0.222 e. The number of nitrogens with two attached hydrogens (primary N) is 1. The maximum absolute atomic E-state index is 6.01. The first kappa shape index (κ1) is 17.5. The van der Waals surface area contributed by atoms with Gasteiger partial charge in [0.05, 0.1) is 5.69 Å². The molecule has 0 bridgehead atoms. The second kappa shape index (κ2) is 7.38. The normalized spacial score (nSPS) is 10.9. The zero-order valence-corrected chi connectivity index (χ0v) is 15.9. The summed E-state index contributed by atoms with van der Waals surface area (Å²) >= 11 is 7.34. The summed E-state index contributed by atoms with van der Waals surface area (Å²) in [6.07, 6.45) is 0. The van der Waals surface area contributed by atoms with E-state index in [0.717, 1.165) is 22.6 Å². The molecule has 2 N–H and O–H groups in total. The molecule has 0 spiro atoms. The molecule has 134 valence electrons. The third kappa shape index (κ3) is 3.79. The number of aryl methyl sites for hydroxylation is 1. The van der Waals surface area contributed by atoms with Gasteiger partial charge in [0.1, 0.15) is 10.2 Å². The first-order valence-corrected chi connectivity index (χ1v) is 9.35. The van der Waals surface area contributed by atoms with E-state index in [2.05, 4.69) is 26.2 Å². The van der Waals surface area contributed by atoms with Crippen molar-refractivity contribution in [1.82, 2.24) is 24.7 Å². The Morgan fingerprint density at radius 1 is 0.963 bits per heavy atom. The summed E-state index contributed by atoms with van der Waals surface area (Å²) in [5.74, 6) is 0.867. The number of anilines is 1. The average molecular weight is 395 g/mol. The number of nitrogens with zero attached hydrogens (tertiary/aromatic N) is 5. The van der Waals surface area contributed by atoms with Crippen molar-refractivity contribution in [3.63, 3.8) is 0 Å². The van der Waals surface area contributed by atoms with Gasteiger partial charge in [-0.2, -0.15) is 0 Å². The SMILES string of the molecule is Cc1cccc(-n2c(Sc3cc(Cl)nc(N)n3)nnc2-c2ccccc2)c1. The Morgan fingerprint density at radius 3 is 2.52 bits per heavy atom. The summed E-state index contributed by atoms with van der Waals surface area (Å²) in [6.45, 7) is 2.05. The van der Waals surface area contributed by atoms with Crippen LogP contribution in [-0.4, -0.2) is 24.7 Å². The largest absolute Gasteiger partial charge is 0.368 e. The smallest absolute Gasteiger partial charge is 0.222 e. The molecular weight excluding hydrogens is 380 g/mol. The van der Waals surface area contributed by atoms with E-state index in [-0.39, 0.29) is 11.1 Å². The minimum atomic E-state index is 0.120. The molecule has 0 amide bonds. The van der Waals surface area contributed by atoms with E-state index in [0.29, 0.717) is 10.2 Å². The van der Waals surface area contributed by atoms with Crippen molar-refractivity contribution in [1.29, 1.82) is 0 Å². The van der Waals surface area contributed by atoms with Crippen LogP contribution < -0.4 is 5.73 Å². The molecule has 0 fully saturated rings. The number of benzene rings is 2. The van der Waals surface area contributed by atoms with Crippen molar-refractivity contribution < 1.29 is 0 Å². The van der Waals surface area contributed by atoms with Gasteiger partial charge in [-0.15, -0.1) is 10.2 Å². The van der Waals surface area contributed by atoms with Crippen LogP contribution in [0.25, 0.3) is 17.1 Å². The van der Waals surface area contributed by atoms with E-state index >= 15 is 0 Å².